The van der Waals surface area contributed by atoms with Crippen molar-refractivity contribution in [2.24, 2.45) is 0 Å². The molecule has 22 heavy (non-hydrogen) atoms. The molecule has 0 spiro atoms. The Kier molecular flexibility index (Phi) is 4.02. The van der Waals surface area contributed by atoms with Crippen molar-refractivity contribution in [2.75, 3.05) is 5.32 Å². The van der Waals surface area contributed by atoms with E-state index in [0.717, 1.165) is 10.0 Å². The predicted molar refractivity (Wildman–Crippen MR) is 86.1 cm³/mol. The molecule has 3 aromatic rings. The first-order valence-corrected chi connectivity index (χ1v) is 7.29. The first-order chi connectivity index (χ1) is 10.6. The lowest BCUT2D eigenvalue weighted by atomic mass is 10.1. The molecule has 0 aliphatic heterocycles. The summed E-state index contributed by atoms with van der Waals surface area (Å²) in [7, 11) is 0. The van der Waals surface area contributed by atoms with Crippen LogP contribution < -0.4 is 5.32 Å². The van der Waals surface area contributed by atoms with Crippen molar-refractivity contribution in [3.05, 3.63) is 70.6 Å². The van der Waals surface area contributed by atoms with Crippen LogP contribution in [-0.4, -0.2) is 16.1 Å². The van der Waals surface area contributed by atoms with Crippen molar-refractivity contribution in [1.29, 1.82) is 0 Å². The highest BCUT2D eigenvalue weighted by Crippen LogP contribution is 2.19. The summed E-state index contributed by atoms with van der Waals surface area (Å²) in [5.41, 5.74) is 2.34. The van der Waals surface area contributed by atoms with E-state index in [0.29, 0.717) is 17.1 Å². The average molecular weight is 360 g/mol. The number of carbonyl (C=O) groups is 1. The van der Waals surface area contributed by atoms with Gasteiger partial charge in [-0.1, -0.05) is 15.9 Å². The van der Waals surface area contributed by atoms with E-state index < -0.39 is 0 Å². The van der Waals surface area contributed by atoms with Crippen LogP contribution in [0, 0.1) is 5.82 Å². The molecule has 0 radical (unpaired) electrons. The number of anilines is 1. The lowest BCUT2D eigenvalue weighted by Crippen LogP contribution is -2.12. The van der Waals surface area contributed by atoms with Gasteiger partial charge in [-0.25, -0.2) is 4.39 Å². The molecular weight excluding hydrogens is 349 g/mol. The maximum atomic E-state index is 12.9. The Labute approximate surface area is 134 Å². The van der Waals surface area contributed by atoms with Crippen molar-refractivity contribution in [3.63, 3.8) is 0 Å². The lowest BCUT2D eigenvalue weighted by molar-refractivity contribution is 0.102. The molecule has 0 saturated heterocycles. The van der Waals surface area contributed by atoms with Gasteiger partial charge in [-0.15, -0.1) is 0 Å². The summed E-state index contributed by atoms with van der Waals surface area (Å²) in [5, 5.41) is 9.53. The second-order valence-corrected chi connectivity index (χ2v) is 5.55. The van der Waals surface area contributed by atoms with Crippen LogP contribution in [0.5, 0.6) is 0 Å². The van der Waals surface area contributed by atoms with Gasteiger partial charge < -0.3 is 5.32 Å². The zero-order valence-electron chi connectivity index (χ0n) is 11.3. The minimum absolute atomic E-state index is 0.289. The molecule has 0 aliphatic rings. The van der Waals surface area contributed by atoms with Gasteiger partial charge in [-0.05, 0) is 54.6 Å². The van der Waals surface area contributed by atoms with Crippen molar-refractivity contribution >= 4 is 27.5 Å². The lowest BCUT2D eigenvalue weighted by Gasteiger charge is -2.02. The number of hydrogen-bond acceptors (Lipinski definition) is 2. The van der Waals surface area contributed by atoms with Gasteiger partial charge in [0.15, 0.2) is 0 Å². The second kappa shape index (κ2) is 6.11. The Morgan fingerprint density at radius 3 is 2.45 bits per heavy atom. The highest BCUT2D eigenvalue weighted by atomic mass is 79.9. The Morgan fingerprint density at radius 2 is 1.77 bits per heavy atom. The Balaban J connectivity index is 1.76. The van der Waals surface area contributed by atoms with Crippen molar-refractivity contribution in [2.45, 2.75) is 0 Å². The molecule has 0 fully saturated rings. The van der Waals surface area contributed by atoms with Crippen LogP contribution in [0.2, 0.25) is 0 Å². The molecule has 0 unspecified atom stereocenters. The van der Waals surface area contributed by atoms with E-state index in [2.05, 4.69) is 31.4 Å². The predicted octanol–water partition coefficient (Wildman–Crippen LogP) is 4.23. The van der Waals surface area contributed by atoms with Gasteiger partial charge in [-0.2, -0.15) is 5.10 Å². The number of halogens is 2. The molecule has 2 aromatic carbocycles. The molecule has 4 nitrogen and oxygen atoms in total. The zero-order valence-corrected chi connectivity index (χ0v) is 12.9. The van der Waals surface area contributed by atoms with Gasteiger partial charge in [0, 0.05) is 15.7 Å². The maximum Gasteiger partial charge on any atom is 0.273 e. The summed E-state index contributed by atoms with van der Waals surface area (Å²) >= 11 is 3.34. The first-order valence-electron chi connectivity index (χ1n) is 6.50. The molecule has 1 amide bonds. The number of benzene rings is 2. The number of amides is 1. The number of nitrogens with zero attached hydrogens (tertiary/aromatic N) is 1. The summed E-state index contributed by atoms with van der Waals surface area (Å²) in [6, 6.07) is 14.8. The summed E-state index contributed by atoms with van der Waals surface area (Å²) in [4.78, 5) is 12.1. The fourth-order valence-electron chi connectivity index (χ4n) is 1.94. The van der Waals surface area contributed by atoms with E-state index in [9.17, 15) is 9.18 Å². The van der Waals surface area contributed by atoms with E-state index in [1.54, 1.807) is 30.3 Å². The van der Waals surface area contributed by atoms with E-state index in [1.165, 1.54) is 12.1 Å². The van der Waals surface area contributed by atoms with E-state index >= 15 is 0 Å². The second-order valence-electron chi connectivity index (χ2n) is 4.63. The van der Waals surface area contributed by atoms with Gasteiger partial charge in [-0.3, -0.25) is 9.89 Å². The van der Waals surface area contributed by atoms with Crippen LogP contribution in [0.4, 0.5) is 10.1 Å². The molecule has 6 heteroatoms. The minimum atomic E-state index is -0.313. The van der Waals surface area contributed by atoms with Gasteiger partial charge in [0.2, 0.25) is 0 Å². The summed E-state index contributed by atoms with van der Waals surface area (Å²) in [5.74, 6) is -0.601. The SMILES string of the molecule is O=C(Nc1ccc(Br)cc1)c1cc(-c2ccc(F)cc2)n[nH]1. The number of carbonyl (C=O) groups excluding carboxylic acids is 1. The van der Waals surface area contributed by atoms with E-state index in [1.807, 2.05) is 12.1 Å². The molecule has 0 bridgehead atoms. The first kappa shape index (κ1) is 14.5. The van der Waals surface area contributed by atoms with Crippen molar-refractivity contribution < 1.29 is 9.18 Å². The van der Waals surface area contributed by atoms with Gasteiger partial charge in [0.05, 0.1) is 5.69 Å². The van der Waals surface area contributed by atoms with Gasteiger partial charge in [0.1, 0.15) is 11.5 Å². The van der Waals surface area contributed by atoms with Crippen LogP contribution in [0.3, 0.4) is 0 Å². The largest absolute Gasteiger partial charge is 0.321 e. The molecule has 1 aromatic heterocycles. The third kappa shape index (κ3) is 3.23. The van der Waals surface area contributed by atoms with E-state index in [-0.39, 0.29) is 11.7 Å². The van der Waals surface area contributed by atoms with Crippen LogP contribution >= 0.6 is 15.9 Å². The van der Waals surface area contributed by atoms with Crippen molar-refractivity contribution in [3.8, 4) is 11.3 Å². The summed E-state index contributed by atoms with van der Waals surface area (Å²) < 4.78 is 13.8. The molecule has 110 valence electrons. The maximum absolute atomic E-state index is 12.9. The van der Waals surface area contributed by atoms with Crippen LogP contribution in [0.15, 0.2) is 59.1 Å². The molecule has 2 N–H and O–H groups in total. The third-order valence-electron chi connectivity index (χ3n) is 3.06. The number of nitrogens with one attached hydrogen (secondary N) is 2. The monoisotopic (exact) mass is 359 g/mol. The summed E-state index contributed by atoms with van der Waals surface area (Å²) in [6.07, 6.45) is 0. The molecule has 1 heterocycles. The van der Waals surface area contributed by atoms with Crippen LogP contribution in [0.25, 0.3) is 11.3 Å². The highest BCUT2D eigenvalue weighted by Gasteiger charge is 2.11. The van der Waals surface area contributed by atoms with Crippen molar-refractivity contribution in [1.82, 2.24) is 10.2 Å². The standard InChI is InChI=1S/C16H11BrFN3O/c17-11-3-7-13(8-4-11)19-16(22)15-9-14(20-21-15)10-1-5-12(18)6-2-10/h1-9H,(H,19,22)(H,20,21). The molecule has 0 saturated carbocycles. The smallest absolute Gasteiger partial charge is 0.273 e. The van der Waals surface area contributed by atoms with Crippen LogP contribution in [-0.2, 0) is 0 Å². The molecule has 0 atom stereocenters. The minimum Gasteiger partial charge on any atom is -0.321 e. The average Bonchev–Trinajstić information content (AvgIpc) is 3.00. The van der Waals surface area contributed by atoms with Gasteiger partial charge >= 0.3 is 0 Å². The topological polar surface area (TPSA) is 57.8 Å². The quantitative estimate of drug-likeness (QED) is 0.734. The highest BCUT2D eigenvalue weighted by molar-refractivity contribution is 9.10. The van der Waals surface area contributed by atoms with Crippen LogP contribution in [0.1, 0.15) is 10.5 Å². The summed E-state index contributed by atoms with van der Waals surface area (Å²) in [6.45, 7) is 0. The normalized spacial score (nSPS) is 10.5. The number of H-pyrrole nitrogens is 1. The molecule has 3 rings (SSSR count). The molecular formula is C16H11BrFN3O. The third-order valence-corrected chi connectivity index (χ3v) is 3.59. The fourth-order valence-corrected chi connectivity index (χ4v) is 2.20. The number of rotatable bonds is 3. The Bertz CT molecular complexity index is 797. The molecule has 0 aliphatic carbocycles. The fraction of sp³-hybridized carbons (Fsp3) is 0. The zero-order chi connectivity index (χ0) is 15.5. The van der Waals surface area contributed by atoms with Gasteiger partial charge in [0.25, 0.3) is 5.91 Å². The Hall–Kier alpha value is -2.47. The van der Waals surface area contributed by atoms with E-state index in [4.69, 9.17) is 0 Å². The number of aromatic nitrogens is 2. The number of hydrogen-bond donors (Lipinski definition) is 2. The number of aromatic amines is 1. The Morgan fingerprint density at radius 1 is 1.09 bits per heavy atom.